The molecule has 5 nitrogen and oxygen atoms in total. The molecule has 1 aromatic heterocycles. The van der Waals surface area contributed by atoms with Gasteiger partial charge in [0.15, 0.2) is 0 Å². The van der Waals surface area contributed by atoms with Crippen LogP contribution in [0.25, 0.3) is 10.8 Å². The van der Waals surface area contributed by atoms with Crippen molar-refractivity contribution in [3.63, 3.8) is 0 Å². The van der Waals surface area contributed by atoms with E-state index in [1.165, 1.54) is 6.20 Å². The molecule has 1 amide bonds. The van der Waals surface area contributed by atoms with Crippen LogP contribution < -0.4 is 10.9 Å². The Morgan fingerprint density at radius 1 is 1.38 bits per heavy atom. The highest BCUT2D eigenvalue weighted by molar-refractivity contribution is 6.06. The maximum atomic E-state index is 12.5. The average molecular weight is 286 g/mol. The topological polar surface area (TPSA) is 71.2 Å². The Hall–Kier alpha value is -2.14. The number of carbonyl (C=O) groups excluding carboxylic acids is 1. The van der Waals surface area contributed by atoms with Crippen molar-refractivity contribution in [2.75, 3.05) is 13.7 Å². The van der Waals surface area contributed by atoms with Crippen LogP contribution in [0.5, 0.6) is 0 Å². The van der Waals surface area contributed by atoms with Gasteiger partial charge >= 0.3 is 0 Å². The van der Waals surface area contributed by atoms with Crippen LogP contribution in [0.1, 0.15) is 23.2 Å². The van der Waals surface area contributed by atoms with Crippen LogP contribution in [0.15, 0.2) is 35.3 Å². The van der Waals surface area contributed by atoms with E-state index in [4.69, 9.17) is 4.74 Å². The first-order valence-electron chi connectivity index (χ1n) is 7.11. The summed E-state index contributed by atoms with van der Waals surface area (Å²) in [6.07, 6.45) is 3.73. The summed E-state index contributed by atoms with van der Waals surface area (Å²) in [4.78, 5) is 26.9. The minimum atomic E-state index is -0.183. The maximum absolute atomic E-state index is 12.5. The maximum Gasteiger partial charge on any atom is 0.255 e. The third-order valence-corrected chi connectivity index (χ3v) is 3.91. The number of nitrogens with one attached hydrogen (secondary N) is 2. The Labute approximate surface area is 122 Å². The Bertz CT molecular complexity index is 719. The fourth-order valence-corrected chi connectivity index (χ4v) is 2.62. The number of methoxy groups -OCH3 is 1. The number of rotatable bonds is 5. The van der Waals surface area contributed by atoms with Gasteiger partial charge in [0.25, 0.3) is 11.5 Å². The second-order valence-electron chi connectivity index (χ2n) is 5.45. The van der Waals surface area contributed by atoms with Crippen molar-refractivity contribution >= 4 is 16.7 Å². The van der Waals surface area contributed by atoms with Crippen molar-refractivity contribution in [2.24, 2.45) is 5.92 Å². The lowest BCUT2D eigenvalue weighted by molar-refractivity contribution is 0.0885. The van der Waals surface area contributed by atoms with Crippen LogP contribution in [0.2, 0.25) is 0 Å². The summed E-state index contributed by atoms with van der Waals surface area (Å²) in [5, 5.41) is 4.22. The molecule has 2 N–H and O–H groups in total. The lowest BCUT2D eigenvalue weighted by atomic mass is 10.1. The molecule has 0 radical (unpaired) electrons. The van der Waals surface area contributed by atoms with E-state index in [0.29, 0.717) is 28.9 Å². The average Bonchev–Trinajstić information content (AvgIpc) is 3.32. The van der Waals surface area contributed by atoms with Crippen LogP contribution in [0, 0.1) is 5.92 Å². The largest absolute Gasteiger partial charge is 0.383 e. The van der Waals surface area contributed by atoms with Crippen molar-refractivity contribution in [2.45, 2.75) is 18.9 Å². The fraction of sp³-hybridized carbons (Fsp3) is 0.375. The van der Waals surface area contributed by atoms with E-state index in [2.05, 4.69) is 10.3 Å². The number of hydrogen-bond donors (Lipinski definition) is 2. The predicted molar refractivity (Wildman–Crippen MR) is 80.4 cm³/mol. The first-order chi connectivity index (χ1) is 10.2. The number of aromatic nitrogens is 1. The smallest absolute Gasteiger partial charge is 0.255 e. The summed E-state index contributed by atoms with van der Waals surface area (Å²) in [5.74, 6) is 0.333. The van der Waals surface area contributed by atoms with Crippen LogP contribution in [-0.4, -0.2) is 30.6 Å². The summed E-state index contributed by atoms with van der Waals surface area (Å²) in [5.41, 5.74) is 0.310. The van der Waals surface area contributed by atoms with Gasteiger partial charge in [0, 0.05) is 24.1 Å². The van der Waals surface area contributed by atoms with E-state index in [1.807, 2.05) is 6.07 Å². The molecule has 1 fully saturated rings. The SMILES string of the molecule is COCC(NC(=O)c1c[nH]c(=O)c2ccccc12)C1CC1. The summed E-state index contributed by atoms with van der Waals surface area (Å²) in [6.45, 7) is 0.512. The quantitative estimate of drug-likeness (QED) is 0.878. The Kier molecular flexibility index (Phi) is 3.75. The second-order valence-corrected chi connectivity index (χ2v) is 5.45. The summed E-state index contributed by atoms with van der Waals surface area (Å²) in [7, 11) is 1.64. The zero-order chi connectivity index (χ0) is 14.8. The van der Waals surface area contributed by atoms with Crippen molar-refractivity contribution in [1.82, 2.24) is 10.3 Å². The van der Waals surface area contributed by atoms with Crippen molar-refractivity contribution < 1.29 is 9.53 Å². The van der Waals surface area contributed by atoms with Gasteiger partial charge in [-0.1, -0.05) is 18.2 Å². The fourth-order valence-electron chi connectivity index (χ4n) is 2.62. The third-order valence-electron chi connectivity index (χ3n) is 3.91. The van der Waals surface area contributed by atoms with Gasteiger partial charge in [0.05, 0.1) is 18.2 Å². The van der Waals surface area contributed by atoms with Gasteiger partial charge in [-0.05, 0) is 24.8 Å². The molecule has 0 bridgehead atoms. The lowest BCUT2D eigenvalue weighted by Gasteiger charge is -2.17. The Morgan fingerprint density at radius 2 is 2.10 bits per heavy atom. The molecular formula is C16H18N2O3. The number of H-pyrrole nitrogens is 1. The molecule has 1 aliphatic rings. The lowest BCUT2D eigenvalue weighted by Crippen LogP contribution is -2.39. The van der Waals surface area contributed by atoms with Crippen molar-refractivity contribution in [3.05, 3.63) is 46.4 Å². The number of fused-ring (bicyclic) bond motifs is 1. The molecule has 0 spiro atoms. The van der Waals surface area contributed by atoms with Gasteiger partial charge in [0.2, 0.25) is 0 Å². The first-order valence-corrected chi connectivity index (χ1v) is 7.11. The molecule has 1 unspecified atom stereocenters. The number of benzene rings is 1. The van der Waals surface area contributed by atoms with Crippen molar-refractivity contribution in [1.29, 1.82) is 0 Å². The molecule has 110 valence electrons. The van der Waals surface area contributed by atoms with Crippen LogP contribution in [-0.2, 0) is 4.74 Å². The van der Waals surface area contributed by atoms with E-state index in [-0.39, 0.29) is 17.5 Å². The van der Waals surface area contributed by atoms with E-state index < -0.39 is 0 Å². The summed E-state index contributed by atoms with van der Waals surface area (Å²) >= 11 is 0. The Balaban J connectivity index is 1.91. The zero-order valence-electron chi connectivity index (χ0n) is 11.9. The standard InChI is InChI=1S/C16H18N2O3/c1-21-9-14(10-6-7-10)18-16(20)13-8-17-15(19)12-5-3-2-4-11(12)13/h2-5,8,10,14H,6-7,9H2,1H3,(H,17,19)(H,18,20). The molecule has 1 heterocycles. The monoisotopic (exact) mass is 286 g/mol. The molecule has 2 aromatic rings. The van der Waals surface area contributed by atoms with E-state index in [9.17, 15) is 9.59 Å². The Morgan fingerprint density at radius 3 is 2.76 bits per heavy atom. The number of aromatic amines is 1. The molecule has 1 atom stereocenters. The minimum Gasteiger partial charge on any atom is -0.383 e. The van der Waals surface area contributed by atoms with E-state index in [0.717, 1.165) is 12.8 Å². The number of carbonyl (C=O) groups is 1. The van der Waals surface area contributed by atoms with Gasteiger partial charge in [-0.2, -0.15) is 0 Å². The predicted octanol–water partition coefficient (Wildman–Crippen LogP) is 1.68. The summed E-state index contributed by atoms with van der Waals surface area (Å²) < 4.78 is 5.18. The molecule has 0 aliphatic heterocycles. The third kappa shape index (κ3) is 2.83. The normalized spacial score (nSPS) is 15.9. The van der Waals surface area contributed by atoms with E-state index >= 15 is 0 Å². The van der Waals surface area contributed by atoms with Gasteiger partial charge in [0.1, 0.15) is 0 Å². The number of pyridine rings is 1. The molecule has 1 saturated carbocycles. The minimum absolute atomic E-state index is 0.0354. The highest BCUT2D eigenvalue weighted by Gasteiger charge is 2.32. The molecule has 21 heavy (non-hydrogen) atoms. The molecule has 3 rings (SSSR count). The van der Waals surface area contributed by atoms with Gasteiger partial charge in [-0.3, -0.25) is 9.59 Å². The molecule has 1 aliphatic carbocycles. The van der Waals surface area contributed by atoms with Gasteiger partial charge in [-0.15, -0.1) is 0 Å². The van der Waals surface area contributed by atoms with Gasteiger partial charge < -0.3 is 15.0 Å². The zero-order valence-corrected chi connectivity index (χ0v) is 11.9. The highest BCUT2D eigenvalue weighted by atomic mass is 16.5. The summed E-state index contributed by atoms with van der Waals surface area (Å²) in [6, 6.07) is 7.16. The van der Waals surface area contributed by atoms with E-state index in [1.54, 1.807) is 25.3 Å². The molecular weight excluding hydrogens is 268 g/mol. The van der Waals surface area contributed by atoms with Crippen LogP contribution in [0.3, 0.4) is 0 Å². The second kappa shape index (κ2) is 5.69. The number of amides is 1. The number of ether oxygens (including phenoxy) is 1. The molecule has 1 aromatic carbocycles. The number of hydrogen-bond acceptors (Lipinski definition) is 3. The molecule has 5 heteroatoms. The van der Waals surface area contributed by atoms with Crippen molar-refractivity contribution in [3.8, 4) is 0 Å². The van der Waals surface area contributed by atoms with Crippen LogP contribution in [0.4, 0.5) is 0 Å². The molecule has 0 saturated heterocycles. The highest BCUT2D eigenvalue weighted by Crippen LogP contribution is 2.33. The first kappa shape index (κ1) is 13.8. The van der Waals surface area contributed by atoms with Gasteiger partial charge in [-0.25, -0.2) is 0 Å². The van der Waals surface area contributed by atoms with Crippen LogP contribution >= 0.6 is 0 Å².